The molecule has 1 aromatic carbocycles. The Morgan fingerprint density at radius 1 is 1.21 bits per heavy atom. The predicted molar refractivity (Wildman–Crippen MR) is 106 cm³/mol. The third-order valence-electron chi connectivity index (χ3n) is 4.04. The van der Waals surface area contributed by atoms with E-state index in [1.165, 1.54) is 5.69 Å². The predicted octanol–water partition coefficient (Wildman–Crippen LogP) is 4.70. The highest BCUT2D eigenvalue weighted by molar-refractivity contribution is 14.1. The van der Waals surface area contributed by atoms with Gasteiger partial charge in [0.1, 0.15) is 0 Å². The lowest BCUT2D eigenvalue weighted by Gasteiger charge is -2.16. The van der Waals surface area contributed by atoms with Gasteiger partial charge in [-0.2, -0.15) is 5.10 Å². The Hall–Kier alpha value is -1.83. The van der Waals surface area contributed by atoms with Crippen LogP contribution in [0.25, 0.3) is 10.9 Å². The van der Waals surface area contributed by atoms with Crippen molar-refractivity contribution in [3.8, 4) is 0 Å². The SMILES string of the molecule is CC(C)c1cc2ccc(C(=O)Nc3ccn(C)n3)cc2n1C(C)I. The number of nitrogens with one attached hydrogen (secondary N) is 1. The monoisotopic (exact) mass is 436 g/mol. The first-order valence-electron chi connectivity index (χ1n) is 7.96. The minimum absolute atomic E-state index is 0.143. The van der Waals surface area contributed by atoms with Crippen molar-refractivity contribution in [2.24, 2.45) is 7.05 Å². The average Bonchev–Trinajstić information content (AvgIpc) is 3.09. The molecule has 3 aromatic rings. The zero-order valence-electron chi connectivity index (χ0n) is 14.2. The van der Waals surface area contributed by atoms with Crippen LogP contribution >= 0.6 is 22.6 Å². The molecule has 3 rings (SSSR count). The van der Waals surface area contributed by atoms with Crippen LogP contribution in [-0.2, 0) is 7.05 Å². The molecule has 6 heteroatoms. The largest absolute Gasteiger partial charge is 0.332 e. The Kier molecular flexibility index (Phi) is 4.67. The van der Waals surface area contributed by atoms with Crippen LogP contribution < -0.4 is 5.32 Å². The number of amides is 1. The highest BCUT2D eigenvalue weighted by atomic mass is 127. The maximum absolute atomic E-state index is 12.5. The summed E-state index contributed by atoms with van der Waals surface area (Å²) in [6, 6.07) is 9.85. The molecule has 5 nitrogen and oxygen atoms in total. The van der Waals surface area contributed by atoms with E-state index < -0.39 is 0 Å². The number of benzene rings is 1. The minimum Gasteiger partial charge on any atom is -0.332 e. The summed E-state index contributed by atoms with van der Waals surface area (Å²) in [5.41, 5.74) is 3.02. The van der Waals surface area contributed by atoms with E-state index in [1.54, 1.807) is 16.9 Å². The van der Waals surface area contributed by atoms with Crippen molar-refractivity contribution >= 4 is 45.2 Å². The van der Waals surface area contributed by atoms with Gasteiger partial charge in [-0.25, -0.2) is 0 Å². The molecular formula is C18H21IN4O. The Balaban J connectivity index is 2.00. The van der Waals surface area contributed by atoms with Gasteiger partial charge in [0.2, 0.25) is 0 Å². The van der Waals surface area contributed by atoms with E-state index in [-0.39, 0.29) is 5.91 Å². The van der Waals surface area contributed by atoms with Crippen LogP contribution in [0.15, 0.2) is 36.5 Å². The van der Waals surface area contributed by atoms with E-state index >= 15 is 0 Å². The molecule has 24 heavy (non-hydrogen) atoms. The Labute approximate surface area is 155 Å². The van der Waals surface area contributed by atoms with Crippen molar-refractivity contribution in [1.29, 1.82) is 0 Å². The summed E-state index contributed by atoms with van der Waals surface area (Å²) in [7, 11) is 1.82. The molecule has 1 N–H and O–H groups in total. The lowest BCUT2D eigenvalue weighted by molar-refractivity contribution is 0.102. The molecule has 2 heterocycles. The highest BCUT2D eigenvalue weighted by Crippen LogP contribution is 2.32. The van der Waals surface area contributed by atoms with Gasteiger partial charge in [-0.15, -0.1) is 0 Å². The second-order valence-electron chi connectivity index (χ2n) is 6.27. The first-order valence-corrected chi connectivity index (χ1v) is 9.21. The number of alkyl halides is 1. The summed E-state index contributed by atoms with van der Waals surface area (Å²) < 4.78 is 4.28. The van der Waals surface area contributed by atoms with Crippen LogP contribution in [-0.4, -0.2) is 20.3 Å². The summed E-state index contributed by atoms with van der Waals surface area (Å²) in [5.74, 6) is 0.846. The fourth-order valence-corrected chi connectivity index (χ4v) is 3.52. The fraction of sp³-hybridized carbons (Fsp3) is 0.333. The zero-order chi connectivity index (χ0) is 17.4. The second kappa shape index (κ2) is 6.58. The average molecular weight is 436 g/mol. The molecule has 0 saturated carbocycles. The van der Waals surface area contributed by atoms with E-state index in [2.05, 4.69) is 64.4 Å². The summed E-state index contributed by atoms with van der Waals surface area (Å²) >= 11 is 2.41. The Bertz CT molecular complexity index is 892. The first kappa shape index (κ1) is 17.0. The van der Waals surface area contributed by atoms with Crippen molar-refractivity contribution in [3.63, 3.8) is 0 Å². The van der Waals surface area contributed by atoms with Crippen LogP contribution in [0, 0.1) is 0 Å². The van der Waals surface area contributed by atoms with E-state index in [0.29, 0.717) is 21.3 Å². The van der Waals surface area contributed by atoms with E-state index in [1.807, 2.05) is 25.2 Å². The third-order valence-corrected chi connectivity index (χ3v) is 4.59. The van der Waals surface area contributed by atoms with Gasteiger partial charge in [-0.05, 0) is 36.4 Å². The van der Waals surface area contributed by atoms with Gasteiger partial charge in [0.15, 0.2) is 5.82 Å². The smallest absolute Gasteiger partial charge is 0.256 e. The lowest BCUT2D eigenvalue weighted by atomic mass is 10.1. The van der Waals surface area contributed by atoms with Gasteiger partial charge in [0, 0.05) is 36.1 Å². The van der Waals surface area contributed by atoms with Crippen LogP contribution in [0.2, 0.25) is 0 Å². The number of hydrogen-bond acceptors (Lipinski definition) is 2. The molecule has 1 unspecified atom stereocenters. The Morgan fingerprint density at radius 3 is 2.54 bits per heavy atom. The van der Waals surface area contributed by atoms with Crippen LogP contribution in [0.1, 0.15) is 46.8 Å². The van der Waals surface area contributed by atoms with Gasteiger partial charge in [0.05, 0.1) is 4.05 Å². The standard InChI is InChI=1S/C18H21IN4O/c1-11(2)15-9-13-5-6-14(10-16(13)23(15)12(3)19)18(24)20-17-7-8-22(4)21-17/h5-12H,1-4H3,(H,20,21,24). The molecule has 1 atom stereocenters. The maximum Gasteiger partial charge on any atom is 0.256 e. The van der Waals surface area contributed by atoms with E-state index in [4.69, 9.17) is 0 Å². The van der Waals surface area contributed by atoms with E-state index in [0.717, 1.165) is 10.9 Å². The van der Waals surface area contributed by atoms with Gasteiger partial charge in [0.25, 0.3) is 5.91 Å². The summed E-state index contributed by atoms with van der Waals surface area (Å²) in [5, 5.41) is 8.19. The van der Waals surface area contributed by atoms with Crippen LogP contribution in [0.5, 0.6) is 0 Å². The molecular weight excluding hydrogens is 415 g/mol. The van der Waals surface area contributed by atoms with Crippen molar-refractivity contribution in [3.05, 3.63) is 47.8 Å². The number of hydrogen-bond donors (Lipinski definition) is 1. The highest BCUT2D eigenvalue weighted by Gasteiger charge is 2.17. The topological polar surface area (TPSA) is 51.9 Å². The molecule has 0 aliphatic rings. The molecule has 0 saturated heterocycles. The first-order chi connectivity index (χ1) is 11.4. The molecule has 0 spiro atoms. The van der Waals surface area contributed by atoms with E-state index in [9.17, 15) is 4.79 Å². The van der Waals surface area contributed by atoms with Gasteiger partial charge >= 0.3 is 0 Å². The van der Waals surface area contributed by atoms with Crippen molar-refractivity contribution < 1.29 is 4.79 Å². The minimum atomic E-state index is -0.143. The number of aromatic nitrogens is 3. The third kappa shape index (κ3) is 3.19. The number of carbonyl (C=O) groups excluding carboxylic acids is 1. The molecule has 0 fully saturated rings. The van der Waals surface area contributed by atoms with Gasteiger partial charge in [-0.3, -0.25) is 9.48 Å². The van der Waals surface area contributed by atoms with Crippen molar-refractivity contribution in [1.82, 2.24) is 14.3 Å². The number of nitrogens with zero attached hydrogens (tertiary/aromatic N) is 3. The van der Waals surface area contributed by atoms with Crippen molar-refractivity contribution in [2.45, 2.75) is 30.7 Å². The zero-order valence-corrected chi connectivity index (χ0v) is 16.4. The van der Waals surface area contributed by atoms with Crippen LogP contribution in [0.4, 0.5) is 5.82 Å². The fourth-order valence-electron chi connectivity index (χ4n) is 2.90. The summed E-state index contributed by atoms with van der Waals surface area (Å²) in [6.45, 7) is 6.55. The Morgan fingerprint density at radius 2 is 1.96 bits per heavy atom. The molecule has 0 radical (unpaired) electrons. The molecule has 2 aromatic heterocycles. The number of halogens is 1. The quantitative estimate of drug-likeness (QED) is 0.476. The number of aryl methyl sites for hydroxylation is 1. The molecule has 0 bridgehead atoms. The number of fused-ring (bicyclic) bond motifs is 1. The molecule has 0 aliphatic carbocycles. The molecule has 0 aliphatic heterocycles. The van der Waals surface area contributed by atoms with Crippen LogP contribution in [0.3, 0.4) is 0 Å². The normalized spacial score (nSPS) is 12.8. The second-order valence-corrected chi connectivity index (χ2v) is 8.07. The number of rotatable bonds is 4. The molecule has 126 valence electrons. The van der Waals surface area contributed by atoms with Crippen molar-refractivity contribution in [2.75, 3.05) is 5.32 Å². The lowest BCUT2D eigenvalue weighted by Crippen LogP contribution is -2.13. The summed E-state index contributed by atoms with van der Waals surface area (Å²) in [6.07, 6.45) is 1.80. The maximum atomic E-state index is 12.5. The van der Waals surface area contributed by atoms with Gasteiger partial charge < -0.3 is 9.88 Å². The van der Waals surface area contributed by atoms with Gasteiger partial charge in [-0.1, -0.05) is 42.5 Å². The summed E-state index contributed by atoms with van der Waals surface area (Å²) in [4.78, 5) is 12.5. The number of anilines is 1. The molecule has 1 amide bonds. The number of carbonyl (C=O) groups is 1.